The molecule has 2 aromatic rings. The first-order chi connectivity index (χ1) is 14.1. The quantitative estimate of drug-likeness (QED) is 0.294. The summed E-state index contributed by atoms with van der Waals surface area (Å²) in [5.41, 5.74) is 5.09. The van der Waals surface area contributed by atoms with Crippen LogP contribution in [0.3, 0.4) is 0 Å². The fraction of sp³-hybridized carbons (Fsp3) is 0.429. The molecule has 156 valence electrons. The summed E-state index contributed by atoms with van der Waals surface area (Å²) in [5, 5.41) is 7.98. The summed E-state index contributed by atoms with van der Waals surface area (Å²) in [5.74, 6) is -0.213. The Labute approximate surface area is 180 Å². The molecule has 2 amide bonds. The number of amides is 2. The molecule has 2 N–H and O–H groups in total. The molecule has 2 heterocycles. The molecule has 0 saturated carbocycles. The average molecular weight is 433 g/mol. The van der Waals surface area contributed by atoms with Crippen molar-refractivity contribution >= 4 is 46.9 Å². The molecular weight excluding hydrogens is 404 g/mol. The first-order valence-electron chi connectivity index (χ1n) is 9.92. The third-order valence-corrected chi connectivity index (χ3v) is 6.46. The lowest BCUT2D eigenvalue weighted by Crippen LogP contribution is -2.18. The van der Waals surface area contributed by atoms with E-state index in [2.05, 4.69) is 47.0 Å². The van der Waals surface area contributed by atoms with E-state index in [9.17, 15) is 9.59 Å². The van der Waals surface area contributed by atoms with Crippen molar-refractivity contribution in [3.05, 3.63) is 43.8 Å². The van der Waals surface area contributed by atoms with Gasteiger partial charge in [0.1, 0.15) is 0 Å². The Balaban J connectivity index is 1.52. The fourth-order valence-corrected chi connectivity index (χ4v) is 4.15. The minimum atomic E-state index is -0.107. The predicted octanol–water partition coefficient (Wildman–Crippen LogP) is 4.49. The van der Waals surface area contributed by atoms with Gasteiger partial charge in [0.25, 0.3) is 0 Å². The van der Waals surface area contributed by atoms with Gasteiger partial charge in [0.15, 0.2) is 0 Å². The standard InChI is InChI=1S/C21H28N4O2S2/c1-3-16-10-12-18(28-16)14-22-24-20(26)8-6-5-7-9-21(27)25-23-15-19-13-11-17(4-2)29-19/h10-15H,3-9H2,1-2H3,(H,24,26)(H,25,27). The summed E-state index contributed by atoms with van der Waals surface area (Å²) in [6.45, 7) is 4.22. The van der Waals surface area contributed by atoms with E-state index in [1.165, 1.54) is 9.75 Å². The smallest absolute Gasteiger partial charge is 0.240 e. The third-order valence-electron chi connectivity index (χ3n) is 4.13. The van der Waals surface area contributed by atoms with Gasteiger partial charge in [-0.25, -0.2) is 10.9 Å². The van der Waals surface area contributed by atoms with Crippen LogP contribution in [0.1, 0.15) is 65.5 Å². The van der Waals surface area contributed by atoms with Crippen molar-refractivity contribution in [3.8, 4) is 0 Å². The second-order valence-electron chi connectivity index (χ2n) is 6.46. The Morgan fingerprint density at radius 2 is 1.24 bits per heavy atom. The number of carbonyl (C=O) groups is 2. The van der Waals surface area contributed by atoms with E-state index >= 15 is 0 Å². The Kier molecular flexibility index (Phi) is 10.3. The van der Waals surface area contributed by atoms with Crippen LogP contribution in [0, 0.1) is 0 Å². The van der Waals surface area contributed by atoms with Crippen LogP contribution in [0.5, 0.6) is 0 Å². The summed E-state index contributed by atoms with van der Waals surface area (Å²) < 4.78 is 0. The van der Waals surface area contributed by atoms with E-state index < -0.39 is 0 Å². The van der Waals surface area contributed by atoms with Gasteiger partial charge in [-0.1, -0.05) is 20.3 Å². The van der Waals surface area contributed by atoms with Crippen LogP contribution in [-0.4, -0.2) is 24.2 Å². The van der Waals surface area contributed by atoms with Crippen LogP contribution in [-0.2, 0) is 22.4 Å². The van der Waals surface area contributed by atoms with Crippen LogP contribution < -0.4 is 10.9 Å². The van der Waals surface area contributed by atoms with E-state index in [0.717, 1.165) is 41.9 Å². The van der Waals surface area contributed by atoms with Gasteiger partial charge in [0, 0.05) is 32.4 Å². The molecule has 29 heavy (non-hydrogen) atoms. The highest BCUT2D eigenvalue weighted by molar-refractivity contribution is 7.14. The third kappa shape index (κ3) is 9.15. The van der Waals surface area contributed by atoms with Crippen LogP contribution in [0.15, 0.2) is 34.5 Å². The van der Waals surface area contributed by atoms with E-state index in [1.807, 2.05) is 12.1 Å². The minimum absolute atomic E-state index is 0.107. The summed E-state index contributed by atoms with van der Waals surface area (Å²) in [6, 6.07) is 8.13. The Bertz CT molecular complexity index is 771. The fourth-order valence-electron chi connectivity index (χ4n) is 2.50. The molecule has 0 saturated heterocycles. The lowest BCUT2D eigenvalue weighted by molar-refractivity contribution is -0.121. The van der Waals surface area contributed by atoms with Crippen molar-refractivity contribution in [2.24, 2.45) is 10.2 Å². The maximum Gasteiger partial charge on any atom is 0.240 e. The molecule has 0 aromatic carbocycles. The summed E-state index contributed by atoms with van der Waals surface area (Å²) in [6.07, 6.45) is 8.42. The maximum atomic E-state index is 11.8. The predicted molar refractivity (Wildman–Crippen MR) is 122 cm³/mol. The summed E-state index contributed by atoms with van der Waals surface area (Å²) in [7, 11) is 0. The highest BCUT2D eigenvalue weighted by atomic mass is 32.1. The van der Waals surface area contributed by atoms with Crippen molar-refractivity contribution in [2.45, 2.75) is 58.8 Å². The molecule has 0 aliphatic heterocycles. The first kappa shape index (κ1) is 23.0. The largest absolute Gasteiger partial charge is 0.273 e. The molecule has 0 aliphatic rings. The molecular formula is C21H28N4O2S2. The van der Waals surface area contributed by atoms with Crippen LogP contribution >= 0.6 is 22.7 Å². The van der Waals surface area contributed by atoms with Crippen molar-refractivity contribution in [3.63, 3.8) is 0 Å². The van der Waals surface area contributed by atoms with E-state index in [1.54, 1.807) is 35.1 Å². The molecule has 0 bridgehead atoms. The molecule has 8 heteroatoms. The topological polar surface area (TPSA) is 82.9 Å². The lowest BCUT2D eigenvalue weighted by Gasteiger charge is -2.01. The molecule has 0 unspecified atom stereocenters. The van der Waals surface area contributed by atoms with Gasteiger partial charge in [-0.2, -0.15) is 10.2 Å². The van der Waals surface area contributed by atoms with Gasteiger partial charge >= 0.3 is 0 Å². The number of hydrogen-bond acceptors (Lipinski definition) is 6. The number of nitrogens with zero attached hydrogens (tertiary/aromatic N) is 2. The molecule has 0 atom stereocenters. The maximum absolute atomic E-state index is 11.8. The number of hydrogen-bond donors (Lipinski definition) is 2. The molecule has 6 nitrogen and oxygen atoms in total. The van der Waals surface area contributed by atoms with Crippen molar-refractivity contribution in [1.29, 1.82) is 0 Å². The monoisotopic (exact) mass is 432 g/mol. The molecule has 0 radical (unpaired) electrons. The van der Waals surface area contributed by atoms with Gasteiger partial charge in [0.2, 0.25) is 11.8 Å². The number of rotatable bonds is 12. The van der Waals surface area contributed by atoms with Gasteiger partial charge in [0.05, 0.1) is 12.4 Å². The number of nitrogens with one attached hydrogen (secondary N) is 2. The lowest BCUT2D eigenvalue weighted by atomic mass is 10.1. The molecule has 0 aliphatic carbocycles. The number of thiophene rings is 2. The van der Waals surface area contributed by atoms with Crippen molar-refractivity contribution < 1.29 is 9.59 Å². The number of unbranched alkanes of at least 4 members (excludes halogenated alkanes) is 2. The van der Waals surface area contributed by atoms with Crippen molar-refractivity contribution in [1.82, 2.24) is 10.9 Å². The van der Waals surface area contributed by atoms with Gasteiger partial charge in [-0.05, 0) is 49.9 Å². The zero-order chi connectivity index (χ0) is 20.9. The van der Waals surface area contributed by atoms with E-state index in [4.69, 9.17) is 0 Å². The van der Waals surface area contributed by atoms with Crippen LogP contribution in [0.4, 0.5) is 0 Å². The zero-order valence-corrected chi connectivity index (χ0v) is 18.6. The second-order valence-corrected chi connectivity index (χ2v) is 8.86. The number of carbonyl (C=O) groups excluding carboxylic acids is 2. The Morgan fingerprint density at radius 1 is 0.793 bits per heavy atom. The summed E-state index contributed by atoms with van der Waals surface area (Å²) >= 11 is 3.34. The molecule has 2 aromatic heterocycles. The summed E-state index contributed by atoms with van der Waals surface area (Å²) in [4.78, 5) is 28.2. The SMILES string of the molecule is CCc1ccc(C=NNC(=O)CCCCCC(=O)NN=Cc2ccc(CC)s2)s1. The van der Waals surface area contributed by atoms with Crippen LogP contribution in [0.2, 0.25) is 0 Å². The number of aryl methyl sites for hydroxylation is 2. The highest BCUT2D eigenvalue weighted by Crippen LogP contribution is 2.15. The van der Waals surface area contributed by atoms with E-state index in [-0.39, 0.29) is 11.8 Å². The minimum Gasteiger partial charge on any atom is -0.273 e. The Morgan fingerprint density at radius 3 is 1.62 bits per heavy atom. The van der Waals surface area contributed by atoms with Gasteiger partial charge in [-0.15, -0.1) is 22.7 Å². The first-order valence-corrected chi connectivity index (χ1v) is 11.5. The normalized spacial score (nSPS) is 11.4. The van der Waals surface area contributed by atoms with Crippen LogP contribution in [0.25, 0.3) is 0 Å². The highest BCUT2D eigenvalue weighted by Gasteiger charge is 2.03. The molecule has 0 fully saturated rings. The van der Waals surface area contributed by atoms with E-state index in [0.29, 0.717) is 12.8 Å². The number of hydrazone groups is 2. The average Bonchev–Trinajstić information content (AvgIpc) is 3.37. The van der Waals surface area contributed by atoms with Gasteiger partial charge < -0.3 is 0 Å². The second kappa shape index (κ2) is 13.0. The molecule has 2 rings (SSSR count). The Hall–Kier alpha value is -2.32. The van der Waals surface area contributed by atoms with Gasteiger partial charge in [-0.3, -0.25) is 9.59 Å². The zero-order valence-electron chi connectivity index (χ0n) is 16.9. The van der Waals surface area contributed by atoms with Crippen molar-refractivity contribution in [2.75, 3.05) is 0 Å². The molecule has 0 spiro atoms.